The maximum absolute atomic E-state index is 10.2. The van der Waals surface area contributed by atoms with Crippen LogP contribution in [0.4, 0.5) is 0 Å². The Labute approximate surface area is 243 Å². The van der Waals surface area contributed by atoms with E-state index >= 15 is 0 Å². The average molecular weight is 565 g/mol. The summed E-state index contributed by atoms with van der Waals surface area (Å²) in [5.41, 5.74) is 4.03. The molecule has 40 heavy (non-hydrogen) atoms. The van der Waals surface area contributed by atoms with Crippen molar-refractivity contribution in [2.24, 2.45) is 0 Å². The predicted octanol–water partition coefficient (Wildman–Crippen LogP) is 6.58. The Morgan fingerprint density at radius 3 is 2.02 bits per heavy atom. The fourth-order valence-corrected chi connectivity index (χ4v) is 5.70. The number of benzene rings is 1. The number of hydrogen-bond donors (Lipinski definition) is 1. The van der Waals surface area contributed by atoms with Crippen LogP contribution in [0.1, 0.15) is 115 Å². The number of rotatable bonds is 19. The van der Waals surface area contributed by atoms with Crippen molar-refractivity contribution in [1.29, 1.82) is 0 Å². The molecule has 1 saturated heterocycles. The number of hydrogen-bond acceptors (Lipinski definition) is 7. The Balaban J connectivity index is 2.11. The number of ether oxygens (including phenoxy) is 6. The maximum Gasteiger partial charge on any atom is 0.225 e. The van der Waals surface area contributed by atoms with Crippen LogP contribution in [0, 0.1) is 0 Å². The molecular weight excluding hydrogens is 508 g/mol. The van der Waals surface area contributed by atoms with Crippen molar-refractivity contribution in [2.45, 2.75) is 149 Å². The lowest BCUT2D eigenvalue weighted by Gasteiger charge is -2.52. The van der Waals surface area contributed by atoms with Crippen molar-refractivity contribution < 1.29 is 33.5 Å². The van der Waals surface area contributed by atoms with Crippen LogP contribution in [0.3, 0.4) is 0 Å². The highest BCUT2D eigenvalue weighted by atomic mass is 16.7. The van der Waals surface area contributed by atoms with Crippen molar-refractivity contribution in [3.63, 3.8) is 0 Å². The largest absolute Gasteiger partial charge is 0.392 e. The first kappa shape index (κ1) is 33.4. The minimum Gasteiger partial charge on any atom is -0.392 e. The van der Waals surface area contributed by atoms with Gasteiger partial charge in [-0.25, -0.2) is 0 Å². The number of fused-ring (bicyclic) bond motifs is 2. The number of aryl methyl sites for hydroxylation is 1. The van der Waals surface area contributed by atoms with Crippen molar-refractivity contribution in [1.82, 2.24) is 0 Å². The molecule has 0 aromatic heterocycles. The average Bonchev–Trinajstić information content (AvgIpc) is 3.31. The lowest BCUT2D eigenvalue weighted by atomic mass is 9.84. The minimum absolute atomic E-state index is 0.0347. The van der Waals surface area contributed by atoms with E-state index in [9.17, 15) is 5.11 Å². The second-order valence-electron chi connectivity index (χ2n) is 11.3. The Bertz CT molecular complexity index is 861. The molecule has 2 aliphatic heterocycles. The topological polar surface area (TPSA) is 75.6 Å². The first-order chi connectivity index (χ1) is 19.5. The van der Waals surface area contributed by atoms with E-state index < -0.39 is 24.1 Å². The number of aliphatic hydroxyl groups is 1. The molecule has 0 aliphatic carbocycles. The van der Waals surface area contributed by atoms with Gasteiger partial charge < -0.3 is 33.5 Å². The van der Waals surface area contributed by atoms with Crippen LogP contribution in [-0.2, 0) is 53.8 Å². The first-order valence-electron chi connectivity index (χ1n) is 16.0. The summed E-state index contributed by atoms with van der Waals surface area (Å²) >= 11 is 0. The SMILES string of the molecule is CCCCO[C@H]1[C@H](OCCCC)[C@@H](OCCCC)[C@@]2(OCc3cc(CC)c(CO)cc32)O[C@@H]1[C@@H](C)OCCCC. The molecule has 1 N–H and O–H groups in total. The van der Waals surface area contributed by atoms with Crippen molar-refractivity contribution in [3.8, 4) is 0 Å². The van der Waals surface area contributed by atoms with E-state index in [1.165, 1.54) is 0 Å². The third-order valence-electron chi connectivity index (χ3n) is 8.18. The highest BCUT2D eigenvalue weighted by Gasteiger charge is 2.62. The molecule has 6 atom stereocenters. The van der Waals surface area contributed by atoms with Crippen LogP contribution in [0.2, 0.25) is 0 Å². The Hall–Kier alpha value is -1.06. The van der Waals surface area contributed by atoms with E-state index in [1.807, 2.05) is 0 Å². The van der Waals surface area contributed by atoms with Crippen LogP contribution in [-0.4, -0.2) is 62.1 Å². The summed E-state index contributed by atoms with van der Waals surface area (Å²) < 4.78 is 40.1. The molecule has 0 saturated carbocycles. The van der Waals surface area contributed by atoms with E-state index in [1.54, 1.807) is 0 Å². The van der Waals surface area contributed by atoms with Crippen molar-refractivity contribution in [3.05, 3.63) is 34.4 Å². The summed E-state index contributed by atoms with van der Waals surface area (Å²) in [6, 6.07) is 4.23. The molecule has 7 heteroatoms. The molecule has 1 aromatic rings. The van der Waals surface area contributed by atoms with E-state index in [0.717, 1.165) is 80.0 Å². The lowest BCUT2D eigenvalue weighted by Crippen LogP contribution is -2.67. The molecule has 230 valence electrons. The molecule has 3 rings (SSSR count). The molecule has 0 amide bonds. The van der Waals surface area contributed by atoms with Gasteiger partial charge in [-0.1, -0.05) is 66.4 Å². The fraction of sp³-hybridized carbons (Fsp3) is 0.818. The number of unbranched alkanes of at least 4 members (excludes halogenated alkanes) is 4. The van der Waals surface area contributed by atoms with E-state index in [4.69, 9.17) is 28.4 Å². The Morgan fingerprint density at radius 2 is 1.43 bits per heavy atom. The van der Waals surface area contributed by atoms with E-state index in [0.29, 0.717) is 33.0 Å². The molecule has 0 unspecified atom stereocenters. The van der Waals surface area contributed by atoms with E-state index in [2.05, 4.69) is 53.7 Å². The van der Waals surface area contributed by atoms with Crippen LogP contribution >= 0.6 is 0 Å². The molecule has 1 fully saturated rings. The first-order valence-corrected chi connectivity index (χ1v) is 16.0. The van der Waals surface area contributed by atoms with Crippen LogP contribution < -0.4 is 0 Å². The maximum atomic E-state index is 10.2. The number of aliphatic hydroxyl groups excluding tert-OH is 1. The standard InChI is InChI=1S/C33H56O7/c1-7-12-16-35-24(6)29-30(36-17-13-8-2)31(37-18-14-9-3)32(38-19-15-10-4)33(40-29)28-21-26(22-34)25(11-5)20-27(28)23-39-33/h20-21,24,29-32,34H,7-19,22-23H2,1-6H3/t24-,29-,30-,31+,32-,33+/m1/s1. The van der Waals surface area contributed by atoms with Gasteiger partial charge in [0.15, 0.2) is 0 Å². The lowest BCUT2D eigenvalue weighted by molar-refractivity contribution is -0.389. The zero-order valence-electron chi connectivity index (χ0n) is 26.0. The highest BCUT2D eigenvalue weighted by molar-refractivity contribution is 5.44. The van der Waals surface area contributed by atoms with Crippen LogP contribution in [0.5, 0.6) is 0 Å². The summed E-state index contributed by atoms with van der Waals surface area (Å²) in [5.74, 6) is -1.17. The Kier molecular flexibility index (Phi) is 14.3. The Morgan fingerprint density at radius 1 is 0.825 bits per heavy atom. The molecule has 7 nitrogen and oxygen atoms in total. The van der Waals surface area contributed by atoms with Gasteiger partial charge in [0.1, 0.15) is 24.4 Å². The monoisotopic (exact) mass is 564 g/mol. The molecule has 2 aliphatic rings. The third kappa shape index (κ3) is 7.85. The zero-order chi connectivity index (χ0) is 29.0. The molecule has 0 radical (unpaired) electrons. The minimum atomic E-state index is -1.17. The van der Waals surface area contributed by atoms with Gasteiger partial charge in [-0.3, -0.25) is 0 Å². The molecule has 0 bridgehead atoms. The second-order valence-corrected chi connectivity index (χ2v) is 11.3. The predicted molar refractivity (Wildman–Crippen MR) is 157 cm³/mol. The van der Waals surface area contributed by atoms with Gasteiger partial charge in [0, 0.05) is 32.0 Å². The molecule has 2 heterocycles. The highest BCUT2D eigenvalue weighted by Crippen LogP contribution is 2.50. The summed E-state index contributed by atoms with van der Waals surface area (Å²) in [6.07, 6.45) is 6.90. The molecular formula is C33H56O7. The van der Waals surface area contributed by atoms with Crippen LogP contribution in [0.15, 0.2) is 12.1 Å². The summed E-state index contributed by atoms with van der Waals surface area (Å²) in [5, 5.41) is 10.2. The van der Waals surface area contributed by atoms with Gasteiger partial charge in [-0.05, 0) is 61.8 Å². The van der Waals surface area contributed by atoms with Gasteiger partial charge in [0.25, 0.3) is 0 Å². The van der Waals surface area contributed by atoms with Gasteiger partial charge in [0.05, 0.1) is 19.3 Å². The summed E-state index contributed by atoms with van der Waals surface area (Å²) in [7, 11) is 0. The van der Waals surface area contributed by atoms with Gasteiger partial charge in [0.2, 0.25) is 5.79 Å². The van der Waals surface area contributed by atoms with E-state index in [-0.39, 0.29) is 18.8 Å². The quantitative estimate of drug-likeness (QED) is 0.190. The van der Waals surface area contributed by atoms with Crippen molar-refractivity contribution >= 4 is 0 Å². The van der Waals surface area contributed by atoms with Crippen LogP contribution in [0.25, 0.3) is 0 Å². The summed E-state index contributed by atoms with van der Waals surface area (Å²) in [6.45, 7) is 15.7. The zero-order valence-corrected chi connectivity index (χ0v) is 26.0. The third-order valence-corrected chi connectivity index (χ3v) is 8.18. The van der Waals surface area contributed by atoms with Crippen molar-refractivity contribution in [2.75, 3.05) is 26.4 Å². The second kappa shape index (κ2) is 17.2. The molecule has 1 spiro atoms. The summed E-state index contributed by atoms with van der Waals surface area (Å²) in [4.78, 5) is 0. The normalized spacial score (nSPS) is 26.9. The smallest absolute Gasteiger partial charge is 0.225 e. The van der Waals surface area contributed by atoms with Gasteiger partial charge in [-0.15, -0.1) is 0 Å². The fourth-order valence-electron chi connectivity index (χ4n) is 5.70. The van der Waals surface area contributed by atoms with Gasteiger partial charge in [-0.2, -0.15) is 0 Å². The molecule has 1 aromatic carbocycles. The van der Waals surface area contributed by atoms with Gasteiger partial charge >= 0.3 is 0 Å².